The third-order valence-corrected chi connectivity index (χ3v) is 6.11. The number of hydrogen-bond donors (Lipinski definition) is 0. The molecule has 8 heteroatoms. The van der Waals surface area contributed by atoms with Crippen molar-refractivity contribution in [3.05, 3.63) is 70.6 Å². The summed E-state index contributed by atoms with van der Waals surface area (Å²) in [4.78, 5) is 17.4. The van der Waals surface area contributed by atoms with Crippen molar-refractivity contribution >= 4 is 17.5 Å². The van der Waals surface area contributed by atoms with Crippen molar-refractivity contribution in [3.63, 3.8) is 0 Å². The van der Waals surface area contributed by atoms with Gasteiger partial charge in [-0.3, -0.25) is 9.69 Å². The van der Waals surface area contributed by atoms with Gasteiger partial charge in [0.15, 0.2) is 0 Å². The van der Waals surface area contributed by atoms with Crippen LogP contribution in [0.15, 0.2) is 52.9 Å². The number of morpholine rings is 1. The maximum absolute atomic E-state index is 13.2. The molecule has 0 spiro atoms. The molecule has 2 heterocycles. The average molecular weight is 483 g/mol. The highest BCUT2D eigenvalue weighted by atomic mass is 35.5. The Morgan fingerprint density at radius 2 is 1.79 bits per heavy atom. The highest BCUT2D eigenvalue weighted by Crippen LogP contribution is 2.26. The first-order valence-electron chi connectivity index (χ1n) is 11.8. The number of halogens is 1. The molecule has 0 saturated carbocycles. The average Bonchev–Trinajstić information content (AvgIpc) is 3.27. The molecule has 180 valence electrons. The minimum atomic E-state index is -0.0560. The molecule has 1 fully saturated rings. The Kier molecular flexibility index (Phi) is 7.98. The largest absolute Gasteiger partial charge is 0.419 e. The molecular weight excluding hydrogens is 452 g/mol. The lowest BCUT2D eigenvalue weighted by Gasteiger charge is -2.35. The number of benzene rings is 2. The summed E-state index contributed by atoms with van der Waals surface area (Å²) in [5, 5.41) is 8.80. The van der Waals surface area contributed by atoms with Crippen LogP contribution in [-0.2, 0) is 17.8 Å². The smallest absolute Gasteiger partial charge is 0.254 e. The number of rotatable bonds is 8. The molecule has 2 atom stereocenters. The monoisotopic (exact) mass is 482 g/mol. The summed E-state index contributed by atoms with van der Waals surface area (Å²) < 4.78 is 11.6. The van der Waals surface area contributed by atoms with Crippen LogP contribution in [0.1, 0.15) is 49.0 Å². The Bertz CT molecular complexity index is 1090. The van der Waals surface area contributed by atoms with Crippen LogP contribution in [0.3, 0.4) is 0 Å². The van der Waals surface area contributed by atoms with Crippen LogP contribution >= 0.6 is 11.6 Å². The Morgan fingerprint density at radius 3 is 2.47 bits per heavy atom. The van der Waals surface area contributed by atoms with Gasteiger partial charge in [0.1, 0.15) is 0 Å². The molecule has 0 aliphatic carbocycles. The first-order valence-corrected chi connectivity index (χ1v) is 12.1. The lowest BCUT2D eigenvalue weighted by atomic mass is 10.1. The molecule has 7 nitrogen and oxygen atoms in total. The van der Waals surface area contributed by atoms with Gasteiger partial charge in [-0.1, -0.05) is 42.8 Å². The molecule has 1 saturated heterocycles. The van der Waals surface area contributed by atoms with Gasteiger partial charge in [-0.2, -0.15) is 0 Å². The second kappa shape index (κ2) is 11.1. The van der Waals surface area contributed by atoms with Crippen molar-refractivity contribution in [3.8, 4) is 11.5 Å². The molecule has 0 radical (unpaired) electrons. The maximum Gasteiger partial charge on any atom is 0.254 e. The van der Waals surface area contributed by atoms with E-state index in [4.69, 9.17) is 20.8 Å². The topological polar surface area (TPSA) is 71.7 Å². The first-order chi connectivity index (χ1) is 16.4. The van der Waals surface area contributed by atoms with E-state index in [1.165, 1.54) is 5.56 Å². The number of carbonyl (C=O) groups is 1. The van der Waals surface area contributed by atoms with E-state index in [2.05, 4.69) is 28.9 Å². The zero-order valence-corrected chi connectivity index (χ0v) is 20.7. The van der Waals surface area contributed by atoms with Gasteiger partial charge in [-0.25, -0.2) is 0 Å². The van der Waals surface area contributed by atoms with Gasteiger partial charge in [-0.15, -0.1) is 10.2 Å². The summed E-state index contributed by atoms with van der Waals surface area (Å²) in [7, 11) is 0. The van der Waals surface area contributed by atoms with Crippen LogP contribution in [0.2, 0.25) is 5.02 Å². The Balaban J connectivity index is 1.42. The van der Waals surface area contributed by atoms with Gasteiger partial charge in [0.2, 0.25) is 11.8 Å². The fraction of sp³-hybridized carbons (Fsp3) is 0.423. The molecule has 0 N–H and O–H groups in total. The van der Waals surface area contributed by atoms with E-state index in [0.717, 1.165) is 26.1 Å². The molecule has 1 aromatic heterocycles. The van der Waals surface area contributed by atoms with E-state index in [9.17, 15) is 4.79 Å². The predicted molar refractivity (Wildman–Crippen MR) is 132 cm³/mol. The van der Waals surface area contributed by atoms with Crippen LogP contribution < -0.4 is 0 Å². The van der Waals surface area contributed by atoms with Crippen LogP contribution in [0.5, 0.6) is 0 Å². The quantitative estimate of drug-likeness (QED) is 0.447. The number of amides is 1. The second-order valence-corrected chi connectivity index (χ2v) is 9.26. The van der Waals surface area contributed by atoms with Crippen molar-refractivity contribution < 1.29 is 13.9 Å². The lowest BCUT2D eigenvalue weighted by Crippen LogP contribution is -2.44. The van der Waals surface area contributed by atoms with E-state index in [1.54, 1.807) is 11.0 Å². The molecule has 4 rings (SSSR count). The van der Waals surface area contributed by atoms with Gasteiger partial charge in [0.05, 0.1) is 29.3 Å². The van der Waals surface area contributed by atoms with E-state index in [-0.39, 0.29) is 24.7 Å². The molecule has 34 heavy (non-hydrogen) atoms. The number of aromatic nitrogens is 2. The summed E-state index contributed by atoms with van der Waals surface area (Å²) in [6, 6.07) is 15.2. The van der Waals surface area contributed by atoms with Crippen molar-refractivity contribution in [2.45, 2.75) is 52.5 Å². The Morgan fingerprint density at radius 1 is 1.09 bits per heavy atom. The van der Waals surface area contributed by atoms with Gasteiger partial charge in [-0.05, 0) is 50.1 Å². The van der Waals surface area contributed by atoms with Crippen molar-refractivity contribution in [1.82, 2.24) is 20.0 Å². The molecule has 1 aliphatic rings. The zero-order valence-electron chi connectivity index (χ0n) is 19.9. The number of hydrogen-bond acceptors (Lipinski definition) is 6. The van der Waals surface area contributed by atoms with Crippen LogP contribution in [0.4, 0.5) is 0 Å². The normalized spacial score (nSPS) is 18.7. The van der Waals surface area contributed by atoms with Gasteiger partial charge in [0.25, 0.3) is 5.91 Å². The van der Waals surface area contributed by atoms with Crippen LogP contribution in [0, 0.1) is 0 Å². The van der Waals surface area contributed by atoms with Crippen molar-refractivity contribution in [2.75, 3.05) is 19.6 Å². The second-order valence-electron chi connectivity index (χ2n) is 8.86. The number of carbonyl (C=O) groups excluding carboxylic acids is 1. The van der Waals surface area contributed by atoms with Crippen LogP contribution in [0.25, 0.3) is 11.5 Å². The Hall–Kier alpha value is -2.74. The van der Waals surface area contributed by atoms with Gasteiger partial charge in [0, 0.05) is 31.7 Å². The standard InChI is InChI=1S/C26H31ClN4O3/c1-4-13-31(17-24-28-29-25(34-24)22-7-5-6-8-23(22)27)26(32)21-11-9-20(10-12-21)16-30-14-18(2)33-19(3)15-30/h5-12,18-19H,4,13-17H2,1-3H3. The SMILES string of the molecule is CCCN(Cc1nnc(-c2ccccc2Cl)o1)C(=O)c1ccc(CN2CC(C)OC(C)C2)cc1. The van der Waals surface area contributed by atoms with E-state index in [1.807, 2.05) is 49.4 Å². The van der Waals surface area contributed by atoms with Gasteiger partial charge >= 0.3 is 0 Å². The summed E-state index contributed by atoms with van der Waals surface area (Å²) in [5.74, 6) is 0.670. The molecule has 2 aromatic carbocycles. The Labute approximate surface area is 205 Å². The zero-order chi connectivity index (χ0) is 24.1. The molecule has 0 bridgehead atoms. The molecule has 1 amide bonds. The van der Waals surface area contributed by atoms with Crippen LogP contribution in [-0.4, -0.2) is 57.7 Å². The van der Waals surface area contributed by atoms with Crippen molar-refractivity contribution in [1.29, 1.82) is 0 Å². The number of ether oxygens (including phenoxy) is 1. The lowest BCUT2D eigenvalue weighted by molar-refractivity contribution is -0.0704. The highest BCUT2D eigenvalue weighted by molar-refractivity contribution is 6.33. The highest BCUT2D eigenvalue weighted by Gasteiger charge is 2.23. The third-order valence-electron chi connectivity index (χ3n) is 5.78. The summed E-state index contributed by atoms with van der Waals surface area (Å²) in [6.07, 6.45) is 1.29. The summed E-state index contributed by atoms with van der Waals surface area (Å²) in [5.41, 5.74) is 2.50. The van der Waals surface area contributed by atoms with Gasteiger partial charge < -0.3 is 14.1 Å². The molecule has 2 unspecified atom stereocenters. The molecule has 1 aliphatic heterocycles. The third kappa shape index (κ3) is 6.03. The molecule has 3 aromatic rings. The fourth-order valence-electron chi connectivity index (χ4n) is 4.35. The van der Waals surface area contributed by atoms with E-state index < -0.39 is 0 Å². The van der Waals surface area contributed by atoms with E-state index in [0.29, 0.717) is 34.5 Å². The minimum Gasteiger partial charge on any atom is -0.419 e. The predicted octanol–water partition coefficient (Wildman–Crippen LogP) is 5.05. The summed E-state index contributed by atoms with van der Waals surface area (Å²) in [6.45, 7) is 9.75. The fourth-order valence-corrected chi connectivity index (χ4v) is 4.57. The number of nitrogens with zero attached hydrogens (tertiary/aromatic N) is 4. The first kappa shape index (κ1) is 24.4. The van der Waals surface area contributed by atoms with Crippen molar-refractivity contribution in [2.24, 2.45) is 0 Å². The molecular formula is C26H31ClN4O3. The van der Waals surface area contributed by atoms with E-state index >= 15 is 0 Å². The maximum atomic E-state index is 13.2. The minimum absolute atomic E-state index is 0.0560. The summed E-state index contributed by atoms with van der Waals surface area (Å²) >= 11 is 6.24.